The predicted octanol–water partition coefficient (Wildman–Crippen LogP) is -0.447. The number of fused-ring (bicyclic) bond motifs is 1. The lowest BCUT2D eigenvalue weighted by molar-refractivity contribution is -0.271. The number of ether oxygens (including phenoxy) is 2. The van der Waals surface area contributed by atoms with Gasteiger partial charge < -0.3 is 54.7 Å². The Kier molecular flexibility index (Phi) is 5.70. The van der Waals surface area contributed by atoms with E-state index >= 15 is 0 Å². The number of phenols is 4. The summed E-state index contributed by atoms with van der Waals surface area (Å²) in [4.78, 5) is 23.7. The molecular formula is C21H18O13. The lowest BCUT2D eigenvalue weighted by atomic mass is 9.99. The quantitative estimate of drug-likeness (QED) is 0.223. The van der Waals surface area contributed by atoms with Crippen LogP contribution in [0.2, 0.25) is 0 Å². The van der Waals surface area contributed by atoms with Crippen LogP contribution in [0.5, 0.6) is 28.7 Å². The number of hydrogen-bond acceptors (Lipinski definition) is 12. The van der Waals surface area contributed by atoms with Gasteiger partial charge in [-0.3, -0.25) is 4.79 Å². The molecule has 13 nitrogen and oxygen atoms in total. The van der Waals surface area contributed by atoms with Crippen molar-refractivity contribution in [3.05, 3.63) is 40.6 Å². The van der Waals surface area contributed by atoms with Crippen LogP contribution in [0.3, 0.4) is 0 Å². The van der Waals surface area contributed by atoms with Gasteiger partial charge in [-0.2, -0.15) is 0 Å². The molecule has 0 saturated carbocycles. The molecule has 2 heterocycles. The predicted molar refractivity (Wildman–Crippen MR) is 110 cm³/mol. The summed E-state index contributed by atoms with van der Waals surface area (Å²) in [7, 11) is 0. The summed E-state index contributed by atoms with van der Waals surface area (Å²) in [6.07, 6.45) is -9.75. The molecule has 1 aromatic heterocycles. The fourth-order valence-corrected chi connectivity index (χ4v) is 3.50. The van der Waals surface area contributed by atoms with Crippen LogP contribution >= 0.6 is 0 Å². The van der Waals surface area contributed by atoms with Crippen LogP contribution in [-0.4, -0.2) is 77.5 Å². The molecule has 2 aromatic carbocycles. The highest BCUT2D eigenvalue weighted by Crippen LogP contribution is 2.42. The molecule has 13 heteroatoms. The molecule has 0 spiro atoms. The molecule has 34 heavy (non-hydrogen) atoms. The number of aliphatic hydroxyl groups is 3. The van der Waals surface area contributed by atoms with Crippen molar-refractivity contribution >= 4 is 16.9 Å². The Labute approximate surface area is 188 Å². The van der Waals surface area contributed by atoms with E-state index in [4.69, 9.17) is 19.0 Å². The number of hydrogen-bond donors (Lipinski definition) is 8. The summed E-state index contributed by atoms with van der Waals surface area (Å²) in [5, 5.41) is 78.6. The molecule has 4 rings (SSSR count). The minimum atomic E-state index is -1.97. The molecule has 1 aliphatic rings. The van der Waals surface area contributed by atoms with Crippen molar-refractivity contribution in [3.8, 4) is 40.1 Å². The Hall–Kier alpha value is -4.04. The number of aliphatic hydroxyl groups excluding tert-OH is 3. The molecular weight excluding hydrogens is 460 g/mol. The van der Waals surface area contributed by atoms with E-state index in [1.807, 2.05) is 0 Å². The average Bonchev–Trinajstić information content (AvgIpc) is 2.75. The molecule has 0 bridgehead atoms. The summed E-state index contributed by atoms with van der Waals surface area (Å²) in [6, 6.07) is 5.02. The highest BCUT2D eigenvalue weighted by molar-refractivity contribution is 5.86. The van der Waals surface area contributed by atoms with Crippen LogP contribution in [0.25, 0.3) is 22.3 Å². The molecule has 1 saturated heterocycles. The maximum atomic E-state index is 12.5. The van der Waals surface area contributed by atoms with Gasteiger partial charge in [0.15, 0.2) is 23.0 Å². The first-order valence-electron chi connectivity index (χ1n) is 9.63. The second kappa shape index (κ2) is 8.39. The number of aliphatic carboxylic acids is 1. The largest absolute Gasteiger partial charge is 0.508 e. The number of carbonyl (C=O) groups is 1. The highest BCUT2D eigenvalue weighted by atomic mass is 16.7. The first-order chi connectivity index (χ1) is 16.0. The first kappa shape index (κ1) is 23.1. The third kappa shape index (κ3) is 3.92. The van der Waals surface area contributed by atoms with E-state index < -0.39 is 65.1 Å². The Balaban J connectivity index is 1.75. The number of benzene rings is 2. The van der Waals surface area contributed by atoms with Crippen LogP contribution in [0, 0.1) is 0 Å². The third-order valence-corrected chi connectivity index (χ3v) is 5.19. The summed E-state index contributed by atoms with van der Waals surface area (Å²) in [6.45, 7) is 0. The molecule has 0 unspecified atom stereocenters. The van der Waals surface area contributed by atoms with E-state index in [2.05, 4.69) is 0 Å². The number of carboxylic acids is 1. The highest BCUT2D eigenvalue weighted by Gasteiger charge is 2.48. The molecule has 1 fully saturated rings. The lowest BCUT2D eigenvalue weighted by Crippen LogP contribution is -2.61. The zero-order chi connectivity index (χ0) is 24.9. The minimum Gasteiger partial charge on any atom is -0.508 e. The molecule has 0 radical (unpaired) electrons. The van der Waals surface area contributed by atoms with Gasteiger partial charge in [0.25, 0.3) is 0 Å². The topological polar surface area (TPSA) is 228 Å². The first-order valence-corrected chi connectivity index (χ1v) is 9.63. The van der Waals surface area contributed by atoms with Gasteiger partial charge in [-0.05, 0) is 12.1 Å². The van der Waals surface area contributed by atoms with Gasteiger partial charge in [0.05, 0.1) is 0 Å². The second-order valence-corrected chi connectivity index (χ2v) is 7.51. The van der Waals surface area contributed by atoms with Crippen LogP contribution in [-0.2, 0) is 9.53 Å². The Morgan fingerprint density at radius 1 is 0.882 bits per heavy atom. The SMILES string of the molecule is O=C(O)[C@@H]1O[C@H](Oc2cc(-c3cc(=O)c4c(O)cc(O)cc4o3)cc(O)c2O)[C@H](O)[C@@H](O)[C@@H]1O. The van der Waals surface area contributed by atoms with Gasteiger partial charge in [-0.15, -0.1) is 0 Å². The summed E-state index contributed by atoms with van der Waals surface area (Å²) in [5.74, 6) is -4.94. The van der Waals surface area contributed by atoms with Crippen LogP contribution in [0.4, 0.5) is 0 Å². The number of phenolic OH excluding ortho intramolecular Hbond substituents is 4. The van der Waals surface area contributed by atoms with Crippen molar-refractivity contribution in [2.24, 2.45) is 0 Å². The zero-order valence-electron chi connectivity index (χ0n) is 16.9. The van der Waals surface area contributed by atoms with E-state index in [0.717, 1.165) is 30.3 Å². The molecule has 180 valence electrons. The maximum absolute atomic E-state index is 12.5. The molecule has 5 atom stereocenters. The van der Waals surface area contributed by atoms with E-state index in [0.29, 0.717) is 0 Å². The van der Waals surface area contributed by atoms with E-state index in [-0.39, 0.29) is 28.0 Å². The Morgan fingerprint density at radius 3 is 2.26 bits per heavy atom. The smallest absolute Gasteiger partial charge is 0.335 e. The summed E-state index contributed by atoms with van der Waals surface area (Å²) >= 11 is 0. The van der Waals surface area contributed by atoms with Gasteiger partial charge in [-0.25, -0.2) is 4.79 Å². The number of carboxylic acid groups (broad SMARTS) is 1. The van der Waals surface area contributed by atoms with Crippen molar-refractivity contribution in [1.29, 1.82) is 0 Å². The maximum Gasteiger partial charge on any atom is 0.335 e. The van der Waals surface area contributed by atoms with Crippen LogP contribution in [0.1, 0.15) is 0 Å². The third-order valence-electron chi connectivity index (χ3n) is 5.19. The molecule has 8 N–H and O–H groups in total. The van der Waals surface area contributed by atoms with E-state index in [1.54, 1.807) is 0 Å². The normalized spacial score (nSPS) is 24.7. The summed E-state index contributed by atoms with van der Waals surface area (Å²) < 4.78 is 15.8. The molecule has 1 aliphatic heterocycles. The minimum absolute atomic E-state index is 0.0483. The number of aromatic hydroxyl groups is 4. The van der Waals surface area contributed by atoms with Gasteiger partial charge >= 0.3 is 5.97 Å². The second-order valence-electron chi connectivity index (χ2n) is 7.51. The fourth-order valence-electron chi connectivity index (χ4n) is 3.50. The number of rotatable bonds is 4. The Morgan fingerprint density at radius 2 is 1.59 bits per heavy atom. The van der Waals surface area contributed by atoms with Crippen molar-refractivity contribution < 1.29 is 59.5 Å². The van der Waals surface area contributed by atoms with Crippen molar-refractivity contribution in [2.75, 3.05) is 0 Å². The van der Waals surface area contributed by atoms with Crippen LogP contribution in [0.15, 0.2) is 39.5 Å². The standard InChI is InChI=1S/C21H18O13/c22-7-3-8(23)14-9(24)5-11(32-12(14)4-7)6-1-10(25)15(26)13(2-6)33-21-18(29)16(27)17(28)19(34-21)20(30)31/h1-5,16-19,21-23,25-29H,(H,30,31)/t16-,17-,18+,19+,21-/m0/s1. The zero-order valence-corrected chi connectivity index (χ0v) is 16.9. The molecule has 0 amide bonds. The molecule has 0 aliphatic carbocycles. The van der Waals surface area contributed by atoms with Crippen LogP contribution < -0.4 is 10.2 Å². The molecule has 3 aromatic rings. The monoisotopic (exact) mass is 478 g/mol. The van der Waals surface area contributed by atoms with Crippen molar-refractivity contribution in [2.45, 2.75) is 30.7 Å². The average molecular weight is 478 g/mol. The summed E-state index contributed by atoms with van der Waals surface area (Å²) in [5.41, 5.74) is -0.938. The van der Waals surface area contributed by atoms with Gasteiger partial charge in [0.1, 0.15) is 46.5 Å². The lowest BCUT2D eigenvalue weighted by Gasteiger charge is -2.38. The van der Waals surface area contributed by atoms with Gasteiger partial charge in [-0.1, -0.05) is 0 Å². The van der Waals surface area contributed by atoms with Crippen molar-refractivity contribution in [1.82, 2.24) is 0 Å². The van der Waals surface area contributed by atoms with Gasteiger partial charge in [0.2, 0.25) is 12.0 Å². The van der Waals surface area contributed by atoms with E-state index in [9.17, 15) is 45.3 Å². The van der Waals surface area contributed by atoms with Crippen molar-refractivity contribution in [3.63, 3.8) is 0 Å². The van der Waals surface area contributed by atoms with E-state index in [1.165, 1.54) is 0 Å². The Bertz CT molecular complexity index is 1330. The fraction of sp³-hybridized carbons (Fsp3) is 0.238. The van der Waals surface area contributed by atoms with Gasteiger partial charge in [0, 0.05) is 23.8 Å².